The van der Waals surface area contributed by atoms with Crippen molar-refractivity contribution in [2.45, 2.75) is 38.0 Å². The van der Waals surface area contributed by atoms with Gasteiger partial charge >= 0.3 is 0 Å². The lowest BCUT2D eigenvalue weighted by Crippen LogP contribution is -2.13. The molecule has 0 atom stereocenters. The summed E-state index contributed by atoms with van der Waals surface area (Å²) in [6, 6.07) is 7.27. The van der Waals surface area contributed by atoms with Crippen LogP contribution in [0.1, 0.15) is 49.4 Å². The highest BCUT2D eigenvalue weighted by Crippen LogP contribution is 2.32. The zero-order valence-electron chi connectivity index (χ0n) is 11.2. The van der Waals surface area contributed by atoms with E-state index in [4.69, 9.17) is 11.0 Å². The lowest BCUT2D eigenvalue weighted by Gasteiger charge is -2.20. The average molecular weight is 268 g/mol. The van der Waals surface area contributed by atoms with Gasteiger partial charge in [0.05, 0.1) is 23.0 Å². The molecule has 6 heteroatoms. The quantitative estimate of drug-likeness (QED) is 0.842. The molecule has 1 aliphatic rings. The lowest BCUT2D eigenvalue weighted by molar-refractivity contribution is 0.422. The summed E-state index contributed by atoms with van der Waals surface area (Å²) in [6.45, 7) is 0. The Balaban J connectivity index is 1.99. The molecule has 2 N–H and O–H groups in total. The Morgan fingerprint density at radius 2 is 2.05 bits per heavy atom. The molecule has 1 heterocycles. The molecular formula is C14H16N6. The number of tetrazole rings is 1. The molecule has 0 saturated heterocycles. The van der Waals surface area contributed by atoms with Crippen LogP contribution in [-0.2, 0) is 0 Å². The van der Waals surface area contributed by atoms with E-state index in [1.54, 1.807) is 22.9 Å². The number of nitrogen functional groups attached to an aromatic ring is 1. The summed E-state index contributed by atoms with van der Waals surface area (Å²) in [5.74, 6) is 1.27. The van der Waals surface area contributed by atoms with E-state index in [0.717, 1.165) is 24.4 Å². The van der Waals surface area contributed by atoms with Crippen LogP contribution in [0.5, 0.6) is 0 Å². The molecule has 3 rings (SSSR count). The largest absolute Gasteiger partial charge is 0.397 e. The van der Waals surface area contributed by atoms with Gasteiger partial charge in [0.25, 0.3) is 0 Å². The molecule has 6 nitrogen and oxygen atoms in total. The van der Waals surface area contributed by atoms with Gasteiger partial charge in [0.15, 0.2) is 5.82 Å². The van der Waals surface area contributed by atoms with Gasteiger partial charge in [-0.25, -0.2) is 0 Å². The van der Waals surface area contributed by atoms with Gasteiger partial charge in [-0.05, 0) is 41.5 Å². The van der Waals surface area contributed by atoms with Gasteiger partial charge in [-0.1, -0.05) is 19.3 Å². The van der Waals surface area contributed by atoms with Crippen LogP contribution in [0, 0.1) is 11.3 Å². The van der Waals surface area contributed by atoms with Crippen LogP contribution >= 0.6 is 0 Å². The van der Waals surface area contributed by atoms with Crippen molar-refractivity contribution >= 4 is 5.69 Å². The van der Waals surface area contributed by atoms with Gasteiger partial charge in [0, 0.05) is 5.92 Å². The van der Waals surface area contributed by atoms with E-state index < -0.39 is 0 Å². The van der Waals surface area contributed by atoms with Crippen molar-refractivity contribution in [3.8, 4) is 11.8 Å². The molecule has 0 spiro atoms. The molecule has 2 aromatic rings. The molecule has 1 aromatic heterocycles. The smallest absolute Gasteiger partial charge is 0.159 e. The van der Waals surface area contributed by atoms with Gasteiger partial charge in [0.2, 0.25) is 0 Å². The van der Waals surface area contributed by atoms with Crippen LogP contribution in [0.25, 0.3) is 5.69 Å². The van der Waals surface area contributed by atoms with Crippen molar-refractivity contribution in [2.24, 2.45) is 0 Å². The summed E-state index contributed by atoms with van der Waals surface area (Å²) < 4.78 is 1.71. The Morgan fingerprint density at radius 1 is 1.25 bits per heavy atom. The maximum atomic E-state index is 8.89. The molecule has 0 unspecified atom stereocenters. The monoisotopic (exact) mass is 268 g/mol. The fraction of sp³-hybridized carbons (Fsp3) is 0.429. The third-order valence-electron chi connectivity index (χ3n) is 3.85. The molecule has 0 amide bonds. The van der Waals surface area contributed by atoms with Crippen molar-refractivity contribution < 1.29 is 0 Å². The van der Waals surface area contributed by atoms with E-state index in [-0.39, 0.29) is 0 Å². The summed E-state index contributed by atoms with van der Waals surface area (Å²) >= 11 is 0. The predicted molar refractivity (Wildman–Crippen MR) is 74.1 cm³/mol. The average Bonchev–Trinajstić information content (AvgIpc) is 2.97. The van der Waals surface area contributed by atoms with Crippen LogP contribution < -0.4 is 5.73 Å². The Kier molecular flexibility index (Phi) is 3.33. The van der Waals surface area contributed by atoms with Crippen molar-refractivity contribution in [1.29, 1.82) is 5.26 Å². The van der Waals surface area contributed by atoms with Crippen LogP contribution in [0.2, 0.25) is 0 Å². The van der Waals surface area contributed by atoms with Gasteiger partial charge in [-0.2, -0.15) is 9.94 Å². The summed E-state index contributed by atoms with van der Waals surface area (Å²) in [6.07, 6.45) is 5.98. The number of rotatable bonds is 2. The number of nitrogens with zero attached hydrogens (tertiary/aromatic N) is 5. The first-order valence-corrected chi connectivity index (χ1v) is 6.88. The number of hydrogen-bond acceptors (Lipinski definition) is 5. The summed E-state index contributed by atoms with van der Waals surface area (Å²) in [5, 5.41) is 20.9. The topological polar surface area (TPSA) is 93.4 Å². The van der Waals surface area contributed by atoms with Crippen LogP contribution in [0.3, 0.4) is 0 Å². The minimum atomic E-state index is 0.397. The number of nitrogens with two attached hydrogens (primary N) is 1. The Labute approximate surface area is 117 Å². The van der Waals surface area contributed by atoms with Gasteiger partial charge < -0.3 is 5.73 Å². The van der Waals surface area contributed by atoms with Crippen LogP contribution in [0.4, 0.5) is 5.69 Å². The van der Waals surface area contributed by atoms with Crippen molar-refractivity contribution in [3.05, 3.63) is 29.6 Å². The Morgan fingerprint density at radius 3 is 2.75 bits per heavy atom. The maximum absolute atomic E-state index is 8.89. The zero-order chi connectivity index (χ0) is 13.9. The van der Waals surface area contributed by atoms with Crippen molar-refractivity contribution in [3.63, 3.8) is 0 Å². The molecule has 1 aliphatic carbocycles. The van der Waals surface area contributed by atoms with E-state index in [0.29, 0.717) is 17.2 Å². The lowest BCUT2D eigenvalue weighted by atomic mass is 9.88. The first-order valence-electron chi connectivity index (χ1n) is 6.88. The molecule has 102 valence electrons. The highest BCUT2D eigenvalue weighted by molar-refractivity contribution is 5.60. The molecule has 1 aromatic carbocycles. The number of benzene rings is 1. The zero-order valence-corrected chi connectivity index (χ0v) is 11.2. The van der Waals surface area contributed by atoms with Gasteiger partial charge in [-0.15, -0.1) is 5.10 Å². The normalized spacial score (nSPS) is 15.9. The van der Waals surface area contributed by atoms with E-state index in [1.165, 1.54) is 19.3 Å². The summed E-state index contributed by atoms with van der Waals surface area (Å²) in [7, 11) is 0. The molecule has 0 radical (unpaired) electrons. The van der Waals surface area contributed by atoms with Gasteiger partial charge in [-0.3, -0.25) is 0 Å². The molecule has 0 aliphatic heterocycles. The second-order valence-electron chi connectivity index (χ2n) is 5.17. The summed E-state index contributed by atoms with van der Waals surface area (Å²) in [5.41, 5.74) is 7.83. The van der Waals surface area contributed by atoms with E-state index in [1.807, 2.05) is 0 Å². The number of anilines is 1. The van der Waals surface area contributed by atoms with E-state index in [2.05, 4.69) is 21.6 Å². The summed E-state index contributed by atoms with van der Waals surface area (Å²) in [4.78, 5) is 0. The van der Waals surface area contributed by atoms with E-state index in [9.17, 15) is 0 Å². The Bertz CT molecular complexity index is 648. The second-order valence-corrected chi connectivity index (χ2v) is 5.17. The minimum Gasteiger partial charge on any atom is -0.397 e. The maximum Gasteiger partial charge on any atom is 0.159 e. The standard InChI is InChI=1S/C14H16N6/c15-9-10-6-7-13(12(16)8-10)20-14(17-18-19-20)11-4-2-1-3-5-11/h6-8,11H,1-5,16H2. The number of nitriles is 1. The molecule has 1 saturated carbocycles. The first kappa shape index (κ1) is 12.6. The Hall–Kier alpha value is -2.42. The number of aromatic nitrogens is 4. The fourth-order valence-electron chi connectivity index (χ4n) is 2.80. The van der Waals surface area contributed by atoms with Crippen molar-refractivity contribution in [2.75, 3.05) is 5.73 Å². The minimum absolute atomic E-state index is 0.397. The molecule has 1 fully saturated rings. The van der Waals surface area contributed by atoms with Crippen LogP contribution in [-0.4, -0.2) is 20.2 Å². The SMILES string of the molecule is N#Cc1ccc(-n2nnnc2C2CCCCC2)c(N)c1. The second kappa shape index (κ2) is 5.29. The highest BCUT2D eigenvalue weighted by Gasteiger charge is 2.23. The van der Waals surface area contributed by atoms with Crippen molar-refractivity contribution in [1.82, 2.24) is 20.2 Å². The van der Waals surface area contributed by atoms with E-state index >= 15 is 0 Å². The number of hydrogen-bond donors (Lipinski definition) is 1. The predicted octanol–water partition coefficient (Wildman–Crippen LogP) is 2.16. The molecule has 20 heavy (non-hydrogen) atoms. The molecular weight excluding hydrogens is 252 g/mol. The fourth-order valence-corrected chi connectivity index (χ4v) is 2.80. The third kappa shape index (κ3) is 2.23. The molecule has 0 bridgehead atoms. The highest BCUT2D eigenvalue weighted by atomic mass is 15.5. The third-order valence-corrected chi connectivity index (χ3v) is 3.85. The first-order chi connectivity index (χ1) is 9.79. The van der Waals surface area contributed by atoms with Crippen LogP contribution in [0.15, 0.2) is 18.2 Å². The van der Waals surface area contributed by atoms with Gasteiger partial charge in [0.1, 0.15) is 0 Å².